The number of aliphatic carboxylic acids is 1. The number of β-amino-alcohol motifs (C(OH)–C–C–N with tert-alkyl or cyclic N) is 1. The Hall–Kier alpha value is -1.14. The largest absolute Gasteiger partial charge is 0.480 e. The first-order chi connectivity index (χ1) is 7.41. The van der Waals surface area contributed by atoms with Crippen LogP contribution in [0.3, 0.4) is 0 Å². The standard InChI is InChI=1S/C10H18N2O4/c1-11(2)4-3-9(14)12-6-7(13)5-8(12)10(15)16/h7-8,13H,3-6H2,1-2H3,(H,15,16). The number of aliphatic hydroxyl groups is 1. The molecule has 0 spiro atoms. The van der Waals surface area contributed by atoms with Crippen LogP contribution < -0.4 is 0 Å². The van der Waals surface area contributed by atoms with Gasteiger partial charge in [-0.15, -0.1) is 0 Å². The highest BCUT2D eigenvalue weighted by Gasteiger charge is 2.38. The molecule has 6 heteroatoms. The second-order valence-corrected chi connectivity index (χ2v) is 4.34. The number of hydrogen-bond donors (Lipinski definition) is 2. The fraction of sp³-hybridized carbons (Fsp3) is 0.800. The molecule has 92 valence electrons. The van der Waals surface area contributed by atoms with Gasteiger partial charge in [0, 0.05) is 25.9 Å². The van der Waals surface area contributed by atoms with E-state index in [4.69, 9.17) is 5.11 Å². The van der Waals surface area contributed by atoms with Crippen molar-refractivity contribution in [1.29, 1.82) is 0 Å². The number of carboxylic acids is 1. The number of amides is 1. The highest BCUT2D eigenvalue weighted by Crippen LogP contribution is 2.19. The van der Waals surface area contributed by atoms with Gasteiger partial charge in [0.05, 0.1) is 6.10 Å². The van der Waals surface area contributed by atoms with Crippen LogP contribution in [0.2, 0.25) is 0 Å². The summed E-state index contributed by atoms with van der Waals surface area (Å²) in [5.74, 6) is -1.26. The molecule has 1 saturated heterocycles. The zero-order valence-corrected chi connectivity index (χ0v) is 9.59. The van der Waals surface area contributed by atoms with Crippen molar-refractivity contribution < 1.29 is 19.8 Å². The van der Waals surface area contributed by atoms with Gasteiger partial charge >= 0.3 is 5.97 Å². The number of nitrogens with zero attached hydrogens (tertiary/aromatic N) is 2. The number of carbonyl (C=O) groups excluding carboxylic acids is 1. The summed E-state index contributed by atoms with van der Waals surface area (Å²) < 4.78 is 0. The Labute approximate surface area is 94.4 Å². The van der Waals surface area contributed by atoms with E-state index in [1.807, 2.05) is 19.0 Å². The second kappa shape index (κ2) is 5.27. The van der Waals surface area contributed by atoms with Gasteiger partial charge in [-0.05, 0) is 14.1 Å². The van der Waals surface area contributed by atoms with Crippen LogP contribution in [0.1, 0.15) is 12.8 Å². The molecule has 6 nitrogen and oxygen atoms in total. The fourth-order valence-electron chi connectivity index (χ4n) is 1.79. The van der Waals surface area contributed by atoms with Gasteiger partial charge in [0.1, 0.15) is 6.04 Å². The molecule has 1 rings (SSSR count). The van der Waals surface area contributed by atoms with E-state index in [0.29, 0.717) is 6.54 Å². The van der Waals surface area contributed by atoms with E-state index in [9.17, 15) is 14.7 Å². The smallest absolute Gasteiger partial charge is 0.326 e. The monoisotopic (exact) mass is 230 g/mol. The maximum Gasteiger partial charge on any atom is 0.326 e. The van der Waals surface area contributed by atoms with Crippen LogP contribution in [-0.4, -0.2) is 71.2 Å². The Morgan fingerprint density at radius 2 is 2.06 bits per heavy atom. The third kappa shape index (κ3) is 3.18. The van der Waals surface area contributed by atoms with Gasteiger partial charge in [0.2, 0.25) is 5.91 Å². The molecule has 2 unspecified atom stereocenters. The lowest BCUT2D eigenvalue weighted by Crippen LogP contribution is -2.41. The number of carbonyl (C=O) groups is 2. The lowest BCUT2D eigenvalue weighted by Gasteiger charge is -2.21. The average Bonchev–Trinajstić information content (AvgIpc) is 2.56. The van der Waals surface area contributed by atoms with E-state index >= 15 is 0 Å². The van der Waals surface area contributed by atoms with Crippen LogP contribution in [0.4, 0.5) is 0 Å². The first-order valence-corrected chi connectivity index (χ1v) is 5.27. The highest BCUT2D eigenvalue weighted by atomic mass is 16.4. The molecule has 1 heterocycles. The minimum atomic E-state index is -1.05. The molecule has 1 amide bonds. The molecule has 0 aromatic rings. The Kier molecular flexibility index (Phi) is 4.26. The first kappa shape index (κ1) is 12.9. The molecule has 0 aromatic heterocycles. The van der Waals surface area contributed by atoms with Crippen LogP contribution in [0, 0.1) is 0 Å². The van der Waals surface area contributed by atoms with Crippen LogP contribution in [0.25, 0.3) is 0 Å². The first-order valence-electron chi connectivity index (χ1n) is 5.27. The summed E-state index contributed by atoms with van der Waals surface area (Å²) >= 11 is 0. The minimum absolute atomic E-state index is 0.128. The summed E-state index contributed by atoms with van der Waals surface area (Å²) in [4.78, 5) is 25.7. The van der Waals surface area contributed by atoms with Crippen molar-refractivity contribution in [3.8, 4) is 0 Å². The number of rotatable bonds is 4. The SMILES string of the molecule is CN(C)CCC(=O)N1CC(O)CC1C(=O)O. The Morgan fingerprint density at radius 3 is 2.56 bits per heavy atom. The van der Waals surface area contributed by atoms with Gasteiger partial charge in [-0.2, -0.15) is 0 Å². The summed E-state index contributed by atoms with van der Waals surface area (Å²) in [5, 5.41) is 18.3. The summed E-state index contributed by atoms with van der Waals surface area (Å²) in [6.45, 7) is 0.709. The lowest BCUT2D eigenvalue weighted by atomic mass is 10.2. The number of aliphatic hydroxyl groups excluding tert-OH is 1. The van der Waals surface area contributed by atoms with Gasteiger partial charge in [-0.1, -0.05) is 0 Å². The molecular formula is C10H18N2O4. The third-order valence-electron chi connectivity index (χ3n) is 2.66. The van der Waals surface area contributed by atoms with E-state index < -0.39 is 18.1 Å². The molecule has 16 heavy (non-hydrogen) atoms. The van der Waals surface area contributed by atoms with Crippen molar-refractivity contribution in [1.82, 2.24) is 9.80 Å². The minimum Gasteiger partial charge on any atom is -0.480 e. The Bertz CT molecular complexity index is 280. The van der Waals surface area contributed by atoms with Crippen molar-refractivity contribution in [3.63, 3.8) is 0 Å². The van der Waals surface area contributed by atoms with E-state index in [1.54, 1.807) is 0 Å². The van der Waals surface area contributed by atoms with Crippen molar-refractivity contribution in [2.24, 2.45) is 0 Å². The molecule has 0 aromatic carbocycles. The predicted molar refractivity (Wildman–Crippen MR) is 56.9 cm³/mol. The summed E-state index contributed by atoms with van der Waals surface area (Å²) in [6.07, 6.45) is -0.309. The zero-order valence-electron chi connectivity index (χ0n) is 9.59. The van der Waals surface area contributed by atoms with Crippen LogP contribution in [0.5, 0.6) is 0 Å². The molecule has 2 N–H and O–H groups in total. The quantitative estimate of drug-likeness (QED) is 0.646. The third-order valence-corrected chi connectivity index (χ3v) is 2.66. The Balaban J connectivity index is 2.56. The lowest BCUT2D eigenvalue weighted by molar-refractivity contribution is -0.148. The molecule has 1 aliphatic heterocycles. The normalized spacial score (nSPS) is 25.1. The number of hydrogen-bond acceptors (Lipinski definition) is 4. The molecular weight excluding hydrogens is 212 g/mol. The molecule has 0 radical (unpaired) electrons. The second-order valence-electron chi connectivity index (χ2n) is 4.34. The summed E-state index contributed by atoms with van der Waals surface area (Å²) in [6, 6.07) is -0.871. The summed E-state index contributed by atoms with van der Waals surface area (Å²) in [7, 11) is 3.70. The van der Waals surface area contributed by atoms with Gasteiger partial charge in [-0.25, -0.2) is 4.79 Å². The molecule has 0 saturated carbocycles. The Morgan fingerprint density at radius 1 is 1.44 bits per heavy atom. The maximum atomic E-state index is 11.7. The van der Waals surface area contributed by atoms with Crippen molar-refractivity contribution in [2.75, 3.05) is 27.2 Å². The summed E-state index contributed by atoms with van der Waals surface area (Å²) in [5.41, 5.74) is 0. The maximum absolute atomic E-state index is 11.7. The van der Waals surface area contributed by atoms with Crippen molar-refractivity contribution in [2.45, 2.75) is 25.0 Å². The average molecular weight is 230 g/mol. The van der Waals surface area contributed by atoms with Crippen molar-refractivity contribution in [3.05, 3.63) is 0 Å². The van der Waals surface area contributed by atoms with E-state index in [1.165, 1.54) is 4.90 Å². The molecule has 1 aliphatic rings. The number of carboxylic acid groups (broad SMARTS) is 1. The van der Waals surface area contributed by atoms with Crippen molar-refractivity contribution >= 4 is 11.9 Å². The van der Waals surface area contributed by atoms with Crippen LogP contribution >= 0.6 is 0 Å². The van der Waals surface area contributed by atoms with Crippen LogP contribution in [0.15, 0.2) is 0 Å². The van der Waals surface area contributed by atoms with Gasteiger partial charge in [0.25, 0.3) is 0 Å². The predicted octanol–water partition coefficient (Wildman–Crippen LogP) is -1.02. The zero-order chi connectivity index (χ0) is 12.3. The highest BCUT2D eigenvalue weighted by molar-refractivity contribution is 5.84. The van der Waals surface area contributed by atoms with Gasteiger partial charge in [0.15, 0.2) is 0 Å². The van der Waals surface area contributed by atoms with Gasteiger partial charge < -0.3 is 20.0 Å². The van der Waals surface area contributed by atoms with E-state index in [-0.39, 0.29) is 25.3 Å². The molecule has 0 aliphatic carbocycles. The fourth-order valence-corrected chi connectivity index (χ4v) is 1.79. The molecule has 1 fully saturated rings. The molecule has 2 atom stereocenters. The van der Waals surface area contributed by atoms with E-state index in [0.717, 1.165) is 0 Å². The van der Waals surface area contributed by atoms with Gasteiger partial charge in [-0.3, -0.25) is 4.79 Å². The number of likely N-dealkylation sites (tertiary alicyclic amines) is 1. The van der Waals surface area contributed by atoms with E-state index in [2.05, 4.69) is 0 Å². The van der Waals surface area contributed by atoms with Crippen LogP contribution in [-0.2, 0) is 9.59 Å². The topological polar surface area (TPSA) is 81.1 Å². The molecule has 0 bridgehead atoms.